The lowest BCUT2D eigenvalue weighted by atomic mass is 10.1. The van der Waals surface area contributed by atoms with E-state index in [4.69, 9.17) is 19.4 Å². The number of ether oxygens (including phenoxy) is 2. The minimum Gasteiger partial charge on any atom is -0.497 e. The highest BCUT2D eigenvalue weighted by molar-refractivity contribution is 5.90. The molecule has 0 atom stereocenters. The van der Waals surface area contributed by atoms with Crippen molar-refractivity contribution >= 4 is 6.21 Å². The molecule has 1 heterocycles. The van der Waals surface area contributed by atoms with Crippen molar-refractivity contribution in [3.63, 3.8) is 0 Å². The molecular formula is C20H21N3O3. The monoisotopic (exact) mass is 351 g/mol. The Morgan fingerprint density at radius 3 is 2.58 bits per heavy atom. The molecule has 0 amide bonds. The van der Waals surface area contributed by atoms with Gasteiger partial charge in [0.1, 0.15) is 23.8 Å². The number of nitrogens with zero attached hydrogens (tertiary/aromatic N) is 3. The van der Waals surface area contributed by atoms with E-state index in [1.807, 2.05) is 66.3 Å². The molecule has 0 spiro atoms. The van der Waals surface area contributed by atoms with Crippen molar-refractivity contribution in [1.82, 2.24) is 9.78 Å². The van der Waals surface area contributed by atoms with Gasteiger partial charge < -0.3 is 14.3 Å². The molecule has 0 bridgehead atoms. The average Bonchev–Trinajstić information content (AvgIpc) is 3.12. The molecule has 3 aromatic rings. The molecule has 0 N–H and O–H groups in total. The highest BCUT2D eigenvalue weighted by Crippen LogP contribution is 2.34. The molecule has 3 rings (SSSR count). The Labute approximate surface area is 152 Å². The normalized spacial score (nSPS) is 10.9. The summed E-state index contributed by atoms with van der Waals surface area (Å²) in [5.41, 5.74) is 3.31. The van der Waals surface area contributed by atoms with Crippen LogP contribution in [0.1, 0.15) is 12.5 Å². The third-order valence-electron chi connectivity index (χ3n) is 3.82. The molecule has 0 saturated heterocycles. The first kappa shape index (κ1) is 17.5. The third kappa shape index (κ3) is 3.69. The first-order valence-electron chi connectivity index (χ1n) is 8.29. The van der Waals surface area contributed by atoms with Crippen molar-refractivity contribution in [2.24, 2.45) is 5.16 Å². The Morgan fingerprint density at radius 2 is 1.88 bits per heavy atom. The number of methoxy groups -OCH3 is 2. The summed E-state index contributed by atoms with van der Waals surface area (Å²) in [5.74, 6) is 1.43. The van der Waals surface area contributed by atoms with E-state index >= 15 is 0 Å². The summed E-state index contributed by atoms with van der Waals surface area (Å²) in [7, 11) is 3.26. The van der Waals surface area contributed by atoms with E-state index in [0.29, 0.717) is 12.4 Å². The smallest absolute Gasteiger partial charge is 0.128 e. The fraction of sp³-hybridized carbons (Fsp3) is 0.200. The Hall–Kier alpha value is -3.28. The third-order valence-corrected chi connectivity index (χ3v) is 3.82. The SMILES string of the molecule is CCON=Cc1cn(-c2ccccc2)nc1-c1cc(OC)ccc1OC. The van der Waals surface area contributed by atoms with Crippen molar-refractivity contribution < 1.29 is 14.3 Å². The predicted octanol–water partition coefficient (Wildman–Crippen LogP) is 3.93. The zero-order valence-electron chi connectivity index (χ0n) is 15.0. The lowest BCUT2D eigenvalue weighted by molar-refractivity contribution is 0.160. The molecule has 0 saturated carbocycles. The maximum atomic E-state index is 5.51. The lowest BCUT2D eigenvalue weighted by Crippen LogP contribution is -1.95. The van der Waals surface area contributed by atoms with Crippen molar-refractivity contribution in [3.8, 4) is 28.4 Å². The van der Waals surface area contributed by atoms with Gasteiger partial charge in [-0.05, 0) is 37.3 Å². The van der Waals surface area contributed by atoms with E-state index in [9.17, 15) is 0 Å². The van der Waals surface area contributed by atoms with E-state index in [0.717, 1.165) is 28.3 Å². The van der Waals surface area contributed by atoms with Crippen molar-refractivity contribution in [1.29, 1.82) is 0 Å². The molecule has 0 aliphatic heterocycles. The van der Waals surface area contributed by atoms with Crippen LogP contribution in [0.25, 0.3) is 16.9 Å². The van der Waals surface area contributed by atoms with Crippen LogP contribution in [0, 0.1) is 0 Å². The quantitative estimate of drug-likeness (QED) is 0.478. The number of benzene rings is 2. The van der Waals surface area contributed by atoms with Gasteiger partial charge in [0.2, 0.25) is 0 Å². The van der Waals surface area contributed by atoms with Gasteiger partial charge in [-0.25, -0.2) is 4.68 Å². The van der Waals surface area contributed by atoms with Gasteiger partial charge >= 0.3 is 0 Å². The molecule has 2 aromatic carbocycles. The van der Waals surface area contributed by atoms with Gasteiger partial charge in [0.15, 0.2) is 0 Å². The zero-order valence-corrected chi connectivity index (χ0v) is 15.0. The van der Waals surface area contributed by atoms with Crippen LogP contribution in [0.5, 0.6) is 11.5 Å². The van der Waals surface area contributed by atoms with Gasteiger partial charge in [0.05, 0.1) is 26.1 Å². The second-order valence-electron chi connectivity index (χ2n) is 5.43. The Balaban J connectivity index is 2.14. The molecule has 0 aliphatic rings. The number of hydrogen-bond acceptors (Lipinski definition) is 5. The second kappa shape index (κ2) is 8.20. The van der Waals surface area contributed by atoms with E-state index < -0.39 is 0 Å². The zero-order chi connectivity index (χ0) is 18.4. The second-order valence-corrected chi connectivity index (χ2v) is 5.43. The Kier molecular flexibility index (Phi) is 5.53. The van der Waals surface area contributed by atoms with E-state index in [1.54, 1.807) is 20.4 Å². The van der Waals surface area contributed by atoms with Crippen LogP contribution in [0.3, 0.4) is 0 Å². The fourth-order valence-corrected chi connectivity index (χ4v) is 2.57. The van der Waals surface area contributed by atoms with Gasteiger partial charge in [0.25, 0.3) is 0 Å². The minimum absolute atomic E-state index is 0.501. The first-order chi connectivity index (χ1) is 12.8. The minimum atomic E-state index is 0.501. The lowest BCUT2D eigenvalue weighted by Gasteiger charge is -2.09. The maximum absolute atomic E-state index is 5.51. The van der Waals surface area contributed by atoms with E-state index in [1.165, 1.54) is 0 Å². The summed E-state index contributed by atoms with van der Waals surface area (Å²) < 4.78 is 12.7. The largest absolute Gasteiger partial charge is 0.497 e. The summed E-state index contributed by atoms with van der Waals surface area (Å²) >= 11 is 0. The summed E-state index contributed by atoms with van der Waals surface area (Å²) in [6.45, 7) is 2.39. The predicted molar refractivity (Wildman–Crippen MR) is 101 cm³/mol. The summed E-state index contributed by atoms with van der Waals surface area (Å²) in [6.07, 6.45) is 3.57. The molecule has 0 fully saturated rings. The van der Waals surface area contributed by atoms with E-state index in [2.05, 4.69) is 5.16 Å². The van der Waals surface area contributed by atoms with Crippen LogP contribution in [0.2, 0.25) is 0 Å². The number of aromatic nitrogens is 2. The van der Waals surface area contributed by atoms with Crippen LogP contribution in [0.15, 0.2) is 59.9 Å². The highest BCUT2D eigenvalue weighted by atomic mass is 16.6. The topological polar surface area (TPSA) is 57.9 Å². The molecule has 0 unspecified atom stereocenters. The highest BCUT2D eigenvalue weighted by Gasteiger charge is 2.16. The molecule has 0 radical (unpaired) electrons. The fourth-order valence-electron chi connectivity index (χ4n) is 2.57. The standard InChI is InChI=1S/C20H21N3O3/c1-4-26-21-13-15-14-23(16-8-6-5-7-9-16)22-20(15)18-12-17(24-2)10-11-19(18)25-3/h5-14H,4H2,1-3H3. The molecule has 6 heteroatoms. The van der Waals surface area contributed by atoms with Gasteiger partial charge in [0, 0.05) is 17.3 Å². The van der Waals surface area contributed by atoms with Gasteiger partial charge in [-0.1, -0.05) is 23.4 Å². The van der Waals surface area contributed by atoms with Crippen LogP contribution in [-0.4, -0.2) is 36.8 Å². The first-order valence-corrected chi connectivity index (χ1v) is 8.29. The summed E-state index contributed by atoms with van der Waals surface area (Å²) in [4.78, 5) is 5.12. The number of rotatable bonds is 7. The van der Waals surface area contributed by atoms with Crippen molar-refractivity contribution in [2.45, 2.75) is 6.92 Å². The molecule has 1 aromatic heterocycles. The Bertz CT molecular complexity index is 889. The number of para-hydroxylation sites is 1. The maximum Gasteiger partial charge on any atom is 0.128 e. The van der Waals surface area contributed by atoms with Crippen LogP contribution < -0.4 is 9.47 Å². The molecule has 134 valence electrons. The van der Waals surface area contributed by atoms with Crippen molar-refractivity contribution in [3.05, 3.63) is 60.3 Å². The van der Waals surface area contributed by atoms with Gasteiger partial charge in [-0.15, -0.1) is 0 Å². The number of hydrogen-bond donors (Lipinski definition) is 0. The summed E-state index contributed by atoms with van der Waals surface area (Å²) in [6, 6.07) is 15.5. The number of oxime groups is 1. The van der Waals surface area contributed by atoms with Gasteiger partial charge in [-0.3, -0.25) is 0 Å². The van der Waals surface area contributed by atoms with Crippen LogP contribution in [0.4, 0.5) is 0 Å². The van der Waals surface area contributed by atoms with Crippen LogP contribution in [-0.2, 0) is 4.84 Å². The summed E-state index contributed by atoms with van der Waals surface area (Å²) in [5, 5.41) is 8.75. The average molecular weight is 351 g/mol. The van der Waals surface area contributed by atoms with Crippen molar-refractivity contribution in [2.75, 3.05) is 20.8 Å². The van der Waals surface area contributed by atoms with E-state index in [-0.39, 0.29) is 0 Å². The molecule has 6 nitrogen and oxygen atoms in total. The molecule has 0 aliphatic carbocycles. The Morgan fingerprint density at radius 1 is 1.08 bits per heavy atom. The van der Waals surface area contributed by atoms with Crippen LogP contribution >= 0.6 is 0 Å². The molecule has 26 heavy (non-hydrogen) atoms. The molecular weight excluding hydrogens is 330 g/mol. The van der Waals surface area contributed by atoms with Gasteiger partial charge in [-0.2, -0.15) is 5.10 Å².